The first-order valence-corrected chi connectivity index (χ1v) is 23.7. The molecule has 326 valence electrons. The van der Waals surface area contributed by atoms with Crippen molar-refractivity contribution >= 4 is 65.9 Å². The molecule has 0 aromatic heterocycles. The Morgan fingerprint density at radius 1 is 0.559 bits per heavy atom. The van der Waals surface area contributed by atoms with Gasteiger partial charge in [0.2, 0.25) is 0 Å². The second-order valence-corrected chi connectivity index (χ2v) is 17.8. The van der Waals surface area contributed by atoms with Gasteiger partial charge in [0, 0.05) is 66.1 Å². The van der Waals surface area contributed by atoms with Gasteiger partial charge < -0.3 is 30.2 Å². The maximum absolute atomic E-state index is 10.8. The number of rotatable bonds is 17. The van der Waals surface area contributed by atoms with Crippen LogP contribution in [0.2, 0.25) is 0 Å². The zero-order chi connectivity index (χ0) is 44.9. The van der Waals surface area contributed by atoms with E-state index in [-0.39, 0.29) is 47.5 Å². The molecule has 0 aliphatic rings. The van der Waals surface area contributed by atoms with Gasteiger partial charge in [0.1, 0.15) is 36.2 Å². The molecule has 19 nitrogen and oxygen atoms in total. The molecule has 23 heteroatoms. The fraction of sp³-hybridized carbons (Fsp3) is 0.333. The second kappa shape index (κ2) is 29.8. The van der Waals surface area contributed by atoms with Crippen LogP contribution in [0.3, 0.4) is 0 Å². The topological polar surface area (TPSA) is 292 Å². The summed E-state index contributed by atoms with van der Waals surface area (Å²) < 4.78 is 58.8. The predicted molar refractivity (Wildman–Crippen MR) is 232 cm³/mol. The minimum absolute atomic E-state index is 0.0159. The number of hydrogen-bond acceptors (Lipinski definition) is 18. The van der Waals surface area contributed by atoms with Gasteiger partial charge in [-0.1, -0.05) is 0 Å². The summed E-state index contributed by atoms with van der Waals surface area (Å²) in [6, 6.07) is 23.4. The standard InChI is InChI=1S/C9H11NO5S.C9H13NO3S.C9H11NO3S.C6H5NO3.C3H8OS/c1-16(13,14)7-6-15-9-4-2-8(3-5-9)10(11)12;1-14(11,12)7-6-13-9-4-2-8(10)3-5-9;1-14-7-6-13-9-4-2-8(3-5-9)10(11)12;8-6-3-1-5(2-4-6)7(9)10;1-5-3-2-4/h2-5H,6-7H2,1H3;2-5H,6-7,10H2,1H3;2-5H,6-7H2,1H3;1-4,8H;4H,2-3H2,1H3. The lowest BCUT2D eigenvalue weighted by atomic mass is 10.3. The van der Waals surface area contributed by atoms with Crippen molar-refractivity contribution in [3.05, 3.63) is 127 Å². The number of nitrogens with two attached hydrogens (primary N) is 1. The van der Waals surface area contributed by atoms with Crippen molar-refractivity contribution in [2.24, 2.45) is 0 Å². The average molecular weight is 905 g/mol. The Morgan fingerprint density at radius 3 is 1.14 bits per heavy atom. The number of phenols is 1. The summed E-state index contributed by atoms with van der Waals surface area (Å²) in [7, 11) is -6.00. The van der Waals surface area contributed by atoms with Crippen LogP contribution < -0.4 is 19.9 Å². The normalized spacial score (nSPS) is 10.3. The van der Waals surface area contributed by atoms with E-state index in [2.05, 4.69) is 0 Å². The van der Waals surface area contributed by atoms with Crippen molar-refractivity contribution in [1.29, 1.82) is 0 Å². The number of aliphatic hydroxyl groups excluding tert-OH is 1. The molecular weight excluding hydrogens is 857 g/mol. The number of non-ortho nitro benzene ring substituents is 3. The first-order valence-electron chi connectivity index (χ1n) is 16.8. The molecule has 0 heterocycles. The molecule has 0 bridgehead atoms. The molecule has 0 aliphatic heterocycles. The maximum atomic E-state index is 10.8. The van der Waals surface area contributed by atoms with Gasteiger partial charge in [-0.05, 0) is 73.2 Å². The van der Waals surface area contributed by atoms with Gasteiger partial charge in [0.25, 0.3) is 17.1 Å². The van der Waals surface area contributed by atoms with E-state index in [9.17, 15) is 47.2 Å². The van der Waals surface area contributed by atoms with Crippen LogP contribution >= 0.6 is 23.5 Å². The highest BCUT2D eigenvalue weighted by atomic mass is 32.2. The lowest BCUT2D eigenvalue weighted by Crippen LogP contribution is -2.11. The van der Waals surface area contributed by atoms with E-state index < -0.39 is 34.4 Å². The molecule has 0 saturated carbocycles. The summed E-state index contributed by atoms with van der Waals surface area (Å²) in [6.07, 6.45) is 6.26. The number of nitro groups is 3. The van der Waals surface area contributed by atoms with E-state index in [1.165, 1.54) is 66.9 Å². The minimum atomic E-state index is -3.05. The van der Waals surface area contributed by atoms with Crippen LogP contribution in [0.15, 0.2) is 97.1 Å². The molecule has 4 N–H and O–H groups in total. The van der Waals surface area contributed by atoms with E-state index >= 15 is 0 Å². The molecule has 4 aromatic rings. The van der Waals surface area contributed by atoms with Crippen LogP contribution in [-0.4, -0.2) is 116 Å². The van der Waals surface area contributed by atoms with E-state index in [1.807, 2.05) is 12.5 Å². The number of sulfone groups is 2. The molecule has 59 heavy (non-hydrogen) atoms. The van der Waals surface area contributed by atoms with Gasteiger partial charge in [-0.3, -0.25) is 30.3 Å². The number of aromatic hydroxyl groups is 1. The van der Waals surface area contributed by atoms with Crippen LogP contribution in [0, 0.1) is 30.3 Å². The third kappa shape index (κ3) is 29.5. The smallest absolute Gasteiger partial charge is 0.269 e. The number of ether oxygens (including phenoxy) is 3. The number of phenolic OH excluding ortho intramolecular Hbond substituents is 1. The summed E-state index contributed by atoms with van der Waals surface area (Å²) >= 11 is 3.35. The molecule has 0 saturated heterocycles. The van der Waals surface area contributed by atoms with Crippen molar-refractivity contribution < 1.29 is 56.0 Å². The maximum Gasteiger partial charge on any atom is 0.269 e. The third-order valence-electron chi connectivity index (χ3n) is 6.33. The van der Waals surface area contributed by atoms with Crippen molar-refractivity contribution in [2.45, 2.75) is 0 Å². The molecule has 0 unspecified atom stereocenters. The van der Waals surface area contributed by atoms with Gasteiger partial charge in [-0.2, -0.15) is 23.5 Å². The highest BCUT2D eigenvalue weighted by molar-refractivity contribution is 7.98. The van der Waals surface area contributed by atoms with Gasteiger partial charge in [0.15, 0.2) is 19.7 Å². The summed E-state index contributed by atoms with van der Waals surface area (Å²) in [5.74, 6) is 3.46. The van der Waals surface area contributed by atoms with Gasteiger partial charge in [-0.25, -0.2) is 16.8 Å². The van der Waals surface area contributed by atoms with Crippen LogP contribution in [0.5, 0.6) is 23.0 Å². The summed E-state index contributed by atoms with van der Waals surface area (Å²) in [5.41, 5.74) is 6.16. The summed E-state index contributed by atoms with van der Waals surface area (Å²) in [6.45, 7) is 1.14. The Balaban J connectivity index is 0.000000738. The molecule has 4 aromatic carbocycles. The van der Waals surface area contributed by atoms with Crippen LogP contribution in [0.1, 0.15) is 0 Å². The second-order valence-electron chi connectivity index (χ2n) is 11.4. The quantitative estimate of drug-likeness (QED) is 0.0496. The van der Waals surface area contributed by atoms with Crippen LogP contribution in [0.25, 0.3) is 0 Å². The van der Waals surface area contributed by atoms with E-state index in [0.29, 0.717) is 36.1 Å². The van der Waals surface area contributed by atoms with Crippen molar-refractivity contribution in [2.75, 3.05) is 80.2 Å². The Kier molecular flexibility index (Phi) is 27.1. The number of aliphatic hydroxyl groups is 1. The van der Waals surface area contributed by atoms with Crippen LogP contribution in [-0.2, 0) is 19.7 Å². The SMILES string of the molecule is CS(=O)(=O)CCOc1ccc(N)cc1.CS(=O)(=O)CCOc1ccc([N+](=O)[O-])cc1.CSCCO.CSCCOc1ccc([N+](=O)[O-])cc1.O=[N+]([O-])c1ccc(O)cc1. The molecule has 4 rings (SSSR count). The summed E-state index contributed by atoms with van der Waals surface area (Å²) in [4.78, 5) is 29.3. The molecule has 0 amide bonds. The van der Waals surface area contributed by atoms with E-state index in [4.69, 9.17) is 30.2 Å². The Labute approximate surface area is 351 Å². The van der Waals surface area contributed by atoms with E-state index in [1.54, 1.807) is 59.9 Å². The Bertz CT molecular complexity index is 2020. The first-order chi connectivity index (χ1) is 27.7. The molecule has 0 spiro atoms. The minimum Gasteiger partial charge on any atom is -0.508 e. The highest BCUT2D eigenvalue weighted by Crippen LogP contribution is 2.19. The third-order valence-corrected chi connectivity index (χ3v) is 9.32. The average Bonchev–Trinajstić information content (AvgIpc) is 3.17. The van der Waals surface area contributed by atoms with Crippen molar-refractivity contribution in [3.63, 3.8) is 0 Å². The molecule has 0 atom stereocenters. The lowest BCUT2D eigenvalue weighted by Gasteiger charge is -2.04. The first kappa shape index (κ1) is 53.6. The summed E-state index contributed by atoms with van der Waals surface area (Å²) in [5, 5.41) is 47.5. The number of hydrogen-bond donors (Lipinski definition) is 3. The molecule has 0 radical (unpaired) electrons. The van der Waals surface area contributed by atoms with E-state index in [0.717, 1.165) is 17.8 Å². The fourth-order valence-corrected chi connectivity index (χ4v) is 4.63. The Hall–Kier alpha value is -5.36. The number of nitrogens with zero attached hydrogens (tertiary/aromatic N) is 3. The molecular formula is C36H48N4O15S4. The number of nitrogen functional groups attached to an aromatic ring is 1. The van der Waals surface area contributed by atoms with Crippen molar-refractivity contribution in [3.8, 4) is 23.0 Å². The largest absolute Gasteiger partial charge is 0.508 e. The van der Waals surface area contributed by atoms with Gasteiger partial charge >= 0.3 is 0 Å². The molecule has 0 fully saturated rings. The van der Waals surface area contributed by atoms with Gasteiger partial charge in [0.05, 0.1) is 39.5 Å². The van der Waals surface area contributed by atoms with Crippen molar-refractivity contribution in [1.82, 2.24) is 0 Å². The zero-order valence-corrected chi connectivity index (χ0v) is 35.9. The van der Waals surface area contributed by atoms with Gasteiger partial charge in [-0.15, -0.1) is 0 Å². The number of benzene rings is 4. The number of thioether (sulfide) groups is 2. The number of nitro benzene ring substituents is 3. The monoisotopic (exact) mass is 904 g/mol. The fourth-order valence-electron chi connectivity index (χ4n) is 3.42. The number of anilines is 1. The van der Waals surface area contributed by atoms with Crippen LogP contribution in [0.4, 0.5) is 22.7 Å². The zero-order valence-electron chi connectivity index (χ0n) is 32.6. The highest BCUT2D eigenvalue weighted by Gasteiger charge is 2.07. The molecule has 0 aliphatic carbocycles. The Morgan fingerprint density at radius 2 is 0.864 bits per heavy atom. The lowest BCUT2D eigenvalue weighted by molar-refractivity contribution is -0.385. The predicted octanol–water partition coefficient (Wildman–Crippen LogP) is 5.69.